The molecule has 0 bridgehead atoms. The molecular weight excluding hydrogens is 380 g/mol. The fourth-order valence-electron chi connectivity index (χ4n) is 3.24. The second kappa shape index (κ2) is 8.21. The minimum absolute atomic E-state index is 0.0748. The predicted octanol–water partition coefficient (Wildman–Crippen LogP) is 5.56. The van der Waals surface area contributed by atoms with Crippen molar-refractivity contribution in [3.05, 3.63) is 76.0 Å². The van der Waals surface area contributed by atoms with Crippen LogP contribution in [0, 0.1) is 12.8 Å². The van der Waals surface area contributed by atoms with Gasteiger partial charge in [-0.05, 0) is 61.4 Å². The number of thiophene rings is 1. The molecule has 2 N–H and O–H groups in total. The van der Waals surface area contributed by atoms with E-state index in [0.29, 0.717) is 4.88 Å². The van der Waals surface area contributed by atoms with Gasteiger partial charge in [-0.1, -0.05) is 42.0 Å². The monoisotopic (exact) mass is 404 g/mol. The van der Waals surface area contributed by atoms with E-state index in [1.807, 2.05) is 54.8 Å². The van der Waals surface area contributed by atoms with Gasteiger partial charge in [-0.2, -0.15) is 0 Å². The van der Waals surface area contributed by atoms with Crippen LogP contribution in [0.4, 0.5) is 5.69 Å². The van der Waals surface area contributed by atoms with E-state index >= 15 is 0 Å². The summed E-state index contributed by atoms with van der Waals surface area (Å²) in [6.45, 7) is 4.02. The molecule has 4 rings (SSSR count). The van der Waals surface area contributed by atoms with Crippen LogP contribution < -0.4 is 10.6 Å². The summed E-state index contributed by atoms with van der Waals surface area (Å²) in [4.78, 5) is 25.5. The summed E-state index contributed by atoms with van der Waals surface area (Å²) in [5.74, 6) is 0.205. The number of hydrogen-bond donors (Lipinski definition) is 2. The zero-order valence-electron chi connectivity index (χ0n) is 16.6. The highest BCUT2D eigenvalue weighted by Gasteiger charge is 2.29. The number of nitrogens with one attached hydrogen (secondary N) is 2. The van der Waals surface area contributed by atoms with Gasteiger partial charge in [0, 0.05) is 17.2 Å². The third kappa shape index (κ3) is 4.57. The number of carbonyl (C=O) groups excluding carboxylic acids is 2. The van der Waals surface area contributed by atoms with E-state index in [1.54, 1.807) is 0 Å². The van der Waals surface area contributed by atoms with E-state index in [1.165, 1.54) is 16.9 Å². The minimum atomic E-state index is -0.136. The highest BCUT2D eigenvalue weighted by Crippen LogP contribution is 2.31. The maximum absolute atomic E-state index is 12.9. The second-order valence-electron chi connectivity index (χ2n) is 7.61. The Labute approximate surface area is 175 Å². The largest absolute Gasteiger partial charge is 0.345 e. The number of hydrogen-bond acceptors (Lipinski definition) is 3. The normalized spacial score (nSPS) is 14.3. The van der Waals surface area contributed by atoms with Crippen LogP contribution in [0.25, 0.3) is 11.1 Å². The van der Waals surface area contributed by atoms with Crippen molar-refractivity contribution in [3.8, 4) is 11.1 Å². The summed E-state index contributed by atoms with van der Waals surface area (Å²) in [7, 11) is 0. The van der Waals surface area contributed by atoms with Crippen molar-refractivity contribution in [1.29, 1.82) is 0 Å². The summed E-state index contributed by atoms with van der Waals surface area (Å²) in [5.41, 5.74) is 4.99. The number of amides is 2. The Morgan fingerprint density at radius 2 is 1.69 bits per heavy atom. The Balaban J connectivity index is 1.42. The molecule has 5 heteroatoms. The quantitative estimate of drug-likeness (QED) is 0.565. The van der Waals surface area contributed by atoms with E-state index < -0.39 is 0 Å². The fourth-order valence-corrected chi connectivity index (χ4v) is 4.06. The van der Waals surface area contributed by atoms with Crippen molar-refractivity contribution < 1.29 is 9.59 Å². The van der Waals surface area contributed by atoms with E-state index in [-0.39, 0.29) is 23.8 Å². The van der Waals surface area contributed by atoms with Gasteiger partial charge in [0.15, 0.2) is 0 Å². The lowest BCUT2D eigenvalue weighted by molar-refractivity contribution is -0.117. The van der Waals surface area contributed by atoms with Gasteiger partial charge in [-0.25, -0.2) is 0 Å². The SMILES string of the molecule is Cc1ccc(-c2ccsc2C(=O)NC(C)c2ccc(NC(=O)C3CC3)cc2)cc1. The van der Waals surface area contributed by atoms with Gasteiger partial charge in [-0.3, -0.25) is 9.59 Å². The number of carbonyl (C=O) groups is 2. The molecule has 2 aromatic carbocycles. The molecule has 1 heterocycles. The summed E-state index contributed by atoms with van der Waals surface area (Å²) in [5, 5.41) is 7.98. The standard InChI is InChI=1S/C24H24N2O2S/c1-15-3-5-18(6-4-15)21-13-14-29-22(21)24(28)25-16(2)17-9-11-20(12-10-17)26-23(27)19-7-8-19/h3-6,9-14,16,19H,7-8H2,1-2H3,(H,25,28)(H,26,27). The first kappa shape index (κ1) is 19.4. The van der Waals surface area contributed by atoms with Gasteiger partial charge in [-0.15, -0.1) is 11.3 Å². The Morgan fingerprint density at radius 3 is 2.34 bits per heavy atom. The zero-order chi connectivity index (χ0) is 20.4. The molecular formula is C24H24N2O2S. The highest BCUT2D eigenvalue weighted by molar-refractivity contribution is 7.12. The van der Waals surface area contributed by atoms with Crippen LogP contribution in [0.1, 0.15) is 46.6 Å². The molecule has 0 aliphatic heterocycles. The molecule has 2 amide bonds. The van der Waals surface area contributed by atoms with E-state index in [4.69, 9.17) is 0 Å². The van der Waals surface area contributed by atoms with Crippen molar-refractivity contribution in [2.24, 2.45) is 5.92 Å². The maximum Gasteiger partial charge on any atom is 0.262 e. The molecule has 1 aliphatic rings. The molecule has 1 unspecified atom stereocenters. The molecule has 29 heavy (non-hydrogen) atoms. The van der Waals surface area contributed by atoms with Crippen LogP contribution in [0.5, 0.6) is 0 Å². The fraction of sp³-hybridized carbons (Fsp3) is 0.250. The second-order valence-corrected chi connectivity index (χ2v) is 8.53. The summed E-state index contributed by atoms with van der Waals surface area (Å²) in [6.07, 6.45) is 1.97. The van der Waals surface area contributed by atoms with E-state index in [2.05, 4.69) is 29.7 Å². The molecule has 3 aromatic rings. The Bertz CT molecular complexity index is 1020. The molecule has 0 radical (unpaired) electrons. The van der Waals surface area contributed by atoms with Gasteiger partial charge in [0.2, 0.25) is 5.91 Å². The van der Waals surface area contributed by atoms with Crippen molar-refractivity contribution in [3.63, 3.8) is 0 Å². The molecule has 1 aromatic heterocycles. The average molecular weight is 405 g/mol. The molecule has 1 saturated carbocycles. The number of anilines is 1. The van der Waals surface area contributed by atoms with Crippen LogP contribution in [0.2, 0.25) is 0 Å². The van der Waals surface area contributed by atoms with E-state index in [9.17, 15) is 9.59 Å². The number of aryl methyl sites for hydroxylation is 1. The molecule has 1 aliphatic carbocycles. The Morgan fingerprint density at radius 1 is 1.00 bits per heavy atom. The molecule has 4 nitrogen and oxygen atoms in total. The van der Waals surface area contributed by atoms with Crippen LogP contribution in [-0.2, 0) is 4.79 Å². The third-order valence-electron chi connectivity index (χ3n) is 5.21. The smallest absolute Gasteiger partial charge is 0.262 e. The van der Waals surface area contributed by atoms with Gasteiger partial charge < -0.3 is 10.6 Å². The molecule has 1 atom stereocenters. The van der Waals surface area contributed by atoms with Crippen LogP contribution in [0.15, 0.2) is 60.0 Å². The van der Waals surface area contributed by atoms with E-state index in [0.717, 1.165) is 35.2 Å². The van der Waals surface area contributed by atoms with Crippen LogP contribution in [0.3, 0.4) is 0 Å². The zero-order valence-corrected chi connectivity index (χ0v) is 17.4. The maximum atomic E-state index is 12.9. The highest BCUT2D eigenvalue weighted by atomic mass is 32.1. The number of rotatable bonds is 6. The van der Waals surface area contributed by atoms with Gasteiger partial charge >= 0.3 is 0 Å². The van der Waals surface area contributed by atoms with Crippen LogP contribution >= 0.6 is 11.3 Å². The van der Waals surface area contributed by atoms with Gasteiger partial charge in [0.25, 0.3) is 5.91 Å². The Hall–Kier alpha value is -2.92. The first-order valence-corrected chi connectivity index (χ1v) is 10.8. The van der Waals surface area contributed by atoms with Crippen molar-refractivity contribution in [1.82, 2.24) is 5.32 Å². The average Bonchev–Trinajstić information content (AvgIpc) is 3.46. The first-order valence-electron chi connectivity index (χ1n) is 9.87. The summed E-state index contributed by atoms with van der Waals surface area (Å²) >= 11 is 1.45. The Kier molecular flexibility index (Phi) is 5.49. The topological polar surface area (TPSA) is 58.2 Å². The van der Waals surface area contributed by atoms with Crippen molar-refractivity contribution in [2.45, 2.75) is 32.7 Å². The lowest BCUT2D eigenvalue weighted by Crippen LogP contribution is -2.26. The van der Waals surface area contributed by atoms with Gasteiger partial charge in [0.1, 0.15) is 0 Å². The predicted molar refractivity (Wildman–Crippen MR) is 118 cm³/mol. The summed E-state index contributed by atoms with van der Waals surface area (Å²) < 4.78 is 0. The minimum Gasteiger partial charge on any atom is -0.345 e. The lowest BCUT2D eigenvalue weighted by atomic mass is 10.0. The van der Waals surface area contributed by atoms with Gasteiger partial charge in [0.05, 0.1) is 10.9 Å². The van der Waals surface area contributed by atoms with Crippen molar-refractivity contribution in [2.75, 3.05) is 5.32 Å². The molecule has 0 saturated heterocycles. The van der Waals surface area contributed by atoms with Crippen molar-refractivity contribution >= 4 is 28.8 Å². The number of benzene rings is 2. The molecule has 1 fully saturated rings. The van der Waals surface area contributed by atoms with Crippen LogP contribution in [-0.4, -0.2) is 11.8 Å². The lowest BCUT2D eigenvalue weighted by Gasteiger charge is -2.15. The third-order valence-corrected chi connectivity index (χ3v) is 6.12. The first-order chi connectivity index (χ1) is 14.0. The summed E-state index contributed by atoms with van der Waals surface area (Å²) in [6, 6.07) is 17.7. The molecule has 148 valence electrons. The molecule has 0 spiro atoms.